The number of nitrogens with zero attached hydrogens (tertiary/aromatic N) is 11. The molecule has 0 saturated carbocycles. The van der Waals surface area contributed by atoms with E-state index in [1.54, 1.807) is 64.7 Å². The second-order valence-electron chi connectivity index (χ2n) is 20.0. The number of aliphatic hydroxyl groups excluding tert-OH is 1. The number of nitrogens with two attached hydrogens (primary N) is 1. The third-order valence-electron chi connectivity index (χ3n) is 11.8. The molecule has 10 rings (SSSR count). The summed E-state index contributed by atoms with van der Waals surface area (Å²) in [4.78, 5) is 73.7. The van der Waals surface area contributed by atoms with Crippen LogP contribution in [0.15, 0.2) is 96.2 Å². The second-order valence-corrected chi connectivity index (χ2v) is 21.7. The van der Waals surface area contributed by atoms with E-state index in [4.69, 9.17) is 46.8 Å². The van der Waals surface area contributed by atoms with Crippen LogP contribution in [0.5, 0.6) is 0 Å². The summed E-state index contributed by atoms with van der Waals surface area (Å²) in [5.74, 6) is 0.469. The van der Waals surface area contributed by atoms with Gasteiger partial charge in [0.05, 0.1) is 29.3 Å². The number of amides is 3. The van der Waals surface area contributed by atoms with E-state index in [9.17, 15) is 14.4 Å². The summed E-state index contributed by atoms with van der Waals surface area (Å²) in [6, 6.07) is 18.3. The number of thiazole rings is 2. The van der Waals surface area contributed by atoms with Crippen LogP contribution in [0, 0.1) is 6.57 Å². The average molecular weight is 1080 g/mol. The van der Waals surface area contributed by atoms with Gasteiger partial charge in [0.2, 0.25) is 17.8 Å². The number of nitrogens with one attached hydrogen (secondary N) is 2. The third-order valence-corrected chi connectivity index (χ3v) is 13.3. The molecule has 2 fully saturated rings. The first kappa shape index (κ1) is 56.7. The molecule has 0 unspecified atom stereocenters. The van der Waals surface area contributed by atoms with Gasteiger partial charge in [-0.05, 0) is 110 Å². The Morgan fingerprint density at radius 3 is 1.62 bits per heavy atom. The number of rotatable bonds is 9. The van der Waals surface area contributed by atoms with E-state index in [1.807, 2.05) is 110 Å². The van der Waals surface area contributed by atoms with Gasteiger partial charge in [0.1, 0.15) is 22.6 Å². The fraction of sp³-hybridized carbons (Fsp3) is 0.382. The van der Waals surface area contributed by atoms with Crippen LogP contribution in [-0.2, 0) is 9.47 Å². The van der Waals surface area contributed by atoms with Gasteiger partial charge in [0.15, 0.2) is 15.6 Å². The third kappa shape index (κ3) is 14.3. The van der Waals surface area contributed by atoms with E-state index in [0.717, 1.165) is 69.5 Å². The van der Waals surface area contributed by atoms with Crippen molar-refractivity contribution in [2.24, 2.45) is 5.73 Å². The number of carbonyl (C=O) groups is 3. The minimum Gasteiger partial charge on any atom is -0.444 e. The number of imidazole rings is 2. The fourth-order valence-corrected chi connectivity index (χ4v) is 10.1. The molecule has 2 aliphatic rings. The van der Waals surface area contributed by atoms with E-state index in [-0.39, 0.29) is 38.3 Å². The minimum absolute atomic E-state index is 0. The normalized spacial score (nSPS) is 15.5. The molecule has 5 N–H and O–H groups in total. The van der Waals surface area contributed by atoms with Gasteiger partial charge in [-0.15, -0.1) is 22.7 Å². The number of hydrogen-bond acceptors (Lipinski definition) is 16. The molecule has 2 aliphatic heterocycles. The minimum atomic E-state index is -0.540. The molecule has 2 atom stereocenters. The lowest BCUT2D eigenvalue weighted by Crippen LogP contribution is -2.47. The van der Waals surface area contributed by atoms with Crippen molar-refractivity contribution in [2.75, 3.05) is 43.4 Å². The molecule has 77 heavy (non-hydrogen) atoms. The SMILES string of the molecule is C.CC(C)(C)OC(=O)N1CCC[C@@H](Nc2nccc(-c3c(-c4cccc(C(N)=O)c4)nc4sccn34)n2)C1.CCO.[C-]#[N+]c1cccc(-c2nc3sccn3c2-c2ccnc(N[C@@H]3CCCN(C(=O)OC(C)(C)C)C3)n2)c1. The number of ether oxygens (including phenoxy) is 2. The monoisotopic (exact) mass is 1080 g/mol. The van der Waals surface area contributed by atoms with Crippen molar-refractivity contribution in [3.63, 3.8) is 0 Å². The molecule has 0 aliphatic carbocycles. The standard InChI is InChI=1S/C26H29N7O3S.C26H27N7O2S.C2H6O.CH4/c1-26(2,3)36-25(35)32-11-5-8-18(15-32)29-23-28-10-9-19(30-23)21-20(31-24-33(21)12-13-37-24)16-6-4-7-17(14-16)22(27)34;1-26(2,3)35-25(34)32-12-6-9-19(16-32)29-23-28-11-10-20(30-23)22-21(31-24-33(22)13-14-36-24)17-7-5-8-18(15-17)27-4;1-2-3;/h4,6-7,9-10,12-14,18H,5,8,11,15H2,1-3H3,(H2,27,34)(H,28,29,30);5,7-8,10-11,13-15,19H,6,9,12,16H2,1-3H3,(H,28,29,30);3H,2H2,1H3;1H4/t18-;19-;;/m11../s1. The van der Waals surface area contributed by atoms with Gasteiger partial charge in [-0.25, -0.2) is 44.3 Å². The number of aliphatic hydroxyl groups is 1. The Labute approximate surface area is 456 Å². The molecule has 404 valence electrons. The Morgan fingerprint density at radius 1 is 0.727 bits per heavy atom. The smallest absolute Gasteiger partial charge is 0.410 e. The van der Waals surface area contributed by atoms with Crippen molar-refractivity contribution in [3.8, 4) is 45.3 Å². The summed E-state index contributed by atoms with van der Waals surface area (Å²) in [5.41, 5.74) is 11.6. The highest BCUT2D eigenvalue weighted by Gasteiger charge is 2.30. The van der Waals surface area contributed by atoms with Crippen LogP contribution in [-0.4, -0.2) is 128 Å². The van der Waals surface area contributed by atoms with Crippen molar-refractivity contribution in [1.29, 1.82) is 0 Å². The number of aromatic nitrogens is 8. The number of benzene rings is 2. The maximum absolute atomic E-state index is 12.6. The Kier molecular flexibility index (Phi) is 18.3. The Bertz CT molecular complexity index is 3370. The second kappa shape index (κ2) is 24.8. The number of carbonyl (C=O) groups excluding carboxylic acids is 3. The first-order valence-corrected chi connectivity index (χ1v) is 26.7. The molecule has 0 spiro atoms. The molecule has 3 amide bonds. The van der Waals surface area contributed by atoms with Gasteiger partial charge < -0.3 is 40.7 Å². The van der Waals surface area contributed by atoms with E-state index in [0.29, 0.717) is 60.7 Å². The molecule has 8 aromatic rings. The van der Waals surface area contributed by atoms with Crippen molar-refractivity contribution in [2.45, 2.75) is 105 Å². The van der Waals surface area contributed by atoms with Gasteiger partial charge in [0.25, 0.3) is 0 Å². The van der Waals surface area contributed by atoms with Crippen molar-refractivity contribution in [1.82, 2.24) is 48.5 Å². The van der Waals surface area contributed by atoms with E-state index in [2.05, 4.69) is 25.4 Å². The number of anilines is 2. The average Bonchev–Trinajstić information content (AvgIpc) is 4.21. The quantitative estimate of drug-likeness (QED) is 0.0984. The highest BCUT2D eigenvalue weighted by atomic mass is 32.1. The lowest BCUT2D eigenvalue weighted by molar-refractivity contribution is 0.0196. The molecular formula is C55H66N14O6S2. The van der Waals surface area contributed by atoms with Crippen LogP contribution in [0.1, 0.15) is 91.9 Å². The van der Waals surface area contributed by atoms with E-state index in [1.165, 1.54) is 11.3 Å². The number of likely N-dealkylation sites (tertiary alicyclic amines) is 2. The zero-order chi connectivity index (χ0) is 54.1. The summed E-state index contributed by atoms with van der Waals surface area (Å²) < 4.78 is 15.1. The Balaban J connectivity index is 0.000000210. The molecule has 8 heterocycles. The number of fused-ring (bicyclic) bond motifs is 2. The zero-order valence-electron chi connectivity index (χ0n) is 43.6. The first-order chi connectivity index (χ1) is 36.4. The van der Waals surface area contributed by atoms with Gasteiger partial charge in [0, 0.05) is 91.5 Å². The fourth-order valence-electron chi connectivity index (χ4n) is 8.67. The van der Waals surface area contributed by atoms with Crippen molar-refractivity contribution < 1.29 is 29.0 Å². The van der Waals surface area contributed by atoms with Crippen LogP contribution in [0.4, 0.5) is 27.2 Å². The summed E-state index contributed by atoms with van der Waals surface area (Å²) in [6.45, 7) is 22.9. The summed E-state index contributed by atoms with van der Waals surface area (Å²) in [5, 5.41) is 18.3. The van der Waals surface area contributed by atoms with Gasteiger partial charge >= 0.3 is 12.2 Å². The summed E-state index contributed by atoms with van der Waals surface area (Å²) >= 11 is 3.06. The first-order valence-electron chi connectivity index (χ1n) is 25.0. The number of piperidine rings is 2. The molecule has 2 saturated heterocycles. The lowest BCUT2D eigenvalue weighted by Gasteiger charge is -2.34. The van der Waals surface area contributed by atoms with E-state index < -0.39 is 17.1 Å². The van der Waals surface area contributed by atoms with Crippen molar-refractivity contribution in [3.05, 3.63) is 113 Å². The lowest BCUT2D eigenvalue weighted by atomic mass is 10.0. The molecule has 22 heteroatoms. The van der Waals surface area contributed by atoms with Crippen LogP contribution < -0.4 is 16.4 Å². The number of primary amides is 1. The van der Waals surface area contributed by atoms with E-state index >= 15 is 0 Å². The van der Waals surface area contributed by atoms with Crippen LogP contribution in [0.25, 0.3) is 60.1 Å². The largest absolute Gasteiger partial charge is 0.444 e. The van der Waals surface area contributed by atoms with Crippen LogP contribution in [0.2, 0.25) is 0 Å². The molecule has 6 aromatic heterocycles. The predicted molar refractivity (Wildman–Crippen MR) is 302 cm³/mol. The maximum Gasteiger partial charge on any atom is 0.410 e. The molecule has 2 aromatic carbocycles. The predicted octanol–water partition coefficient (Wildman–Crippen LogP) is 10.9. The topological polar surface area (TPSA) is 237 Å². The highest BCUT2D eigenvalue weighted by Crippen LogP contribution is 2.36. The van der Waals surface area contributed by atoms with Crippen LogP contribution in [0.3, 0.4) is 0 Å². The van der Waals surface area contributed by atoms with Gasteiger partial charge in [-0.1, -0.05) is 37.8 Å². The Hall–Kier alpha value is -8.00. The molecule has 20 nitrogen and oxygen atoms in total. The molecular weight excluding hydrogens is 1020 g/mol. The maximum atomic E-state index is 12.6. The Morgan fingerprint density at radius 2 is 1.18 bits per heavy atom. The highest BCUT2D eigenvalue weighted by molar-refractivity contribution is 7.15. The van der Waals surface area contributed by atoms with Crippen LogP contribution >= 0.6 is 22.7 Å². The molecule has 0 radical (unpaired) electrons. The molecule has 0 bridgehead atoms. The van der Waals surface area contributed by atoms with Gasteiger partial charge in [-0.3, -0.25) is 13.6 Å². The summed E-state index contributed by atoms with van der Waals surface area (Å²) in [6.07, 6.45) is 10.3. The van der Waals surface area contributed by atoms with Gasteiger partial charge in [-0.2, -0.15) is 0 Å². The summed E-state index contributed by atoms with van der Waals surface area (Å²) in [7, 11) is 0. The number of hydrogen-bond donors (Lipinski definition) is 4. The zero-order valence-corrected chi connectivity index (χ0v) is 45.2. The van der Waals surface area contributed by atoms with Crippen molar-refractivity contribution >= 4 is 68.3 Å².